The number of ether oxygens (including phenoxy) is 1. The molecule has 20 heavy (non-hydrogen) atoms. The summed E-state index contributed by atoms with van der Waals surface area (Å²) in [4.78, 5) is 27.4. The molecule has 0 aliphatic heterocycles. The number of carbonyl (C=O) groups is 2. The average molecular weight is 314 g/mol. The highest BCUT2D eigenvalue weighted by Crippen LogP contribution is 2.22. The van der Waals surface area contributed by atoms with Gasteiger partial charge in [-0.1, -0.05) is 11.6 Å². The molecule has 6 nitrogen and oxygen atoms in total. The number of imidazole rings is 1. The number of carbonyl (C=O) groups excluding carboxylic acids is 2. The molecule has 8 heteroatoms. The lowest BCUT2D eigenvalue weighted by Gasteiger charge is -2.00. The molecule has 1 N–H and O–H groups in total. The van der Waals surface area contributed by atoms with E-state index in [0.717, 1.165) is 4.96 Å². The summed E-state index contributed by atoms with van der Waals surface area (Å²) in [6.07, 6.45) is 4.90. The van der Waals surface area contributed by atoms with Crippen molar-refractivity contribution < 1.29 is 14.3 Å². The van der Waals surface area contributed by atoms with Crippen LogP contribution in [0.15, 0.2) is 17.7 Å². The molecule has 2 aromatic heterocycles. The quantitative estimate of drug-likeness (QED) is 0.674. The van der Waals surface area contributed by atoms with Crippen molar-refractivity contribution >= 4 is 45.9 Å². The highest BCUT2D eigenvalue weighted by Gasteiger charge is 2.08. The van der Waals surface area contributed by atoms with Crippen LogP contribution in [0.1, 0.15) is 12.1 Å². The first-order valence-corrected chi connectivity index (χ1v) is 7.01. The fourth-order valence-corrected chi connectivity index (χ4v) is 2.53. The van der Waals surface area contributed by atoms with Crippen LogP contribution in [0.3, 0.4) is 0 Å². The first-order valence-electron chi connectivity index (χ1n) is 5.75. The van der Waals surface area contributed by atoms with Gasteiger partial charge in [-0.2, -0.15) is 0 Å². The molecule has 0 atom stereocenters. The second-order valence-electron chi connectivity index (χ2n) is 3.79. The third-order valence-electron chi connectivity index (χ3n) is 2.50. The summed E-state index contributed by atoms with van der Waals surface area (Å²) < 4.78 is 6.27. The Morgan fingerprint density at radius 1 is 1.60 bits per heavy atom. The van der Waals surface area contributed by atoms with Gasteiger partial charge in [0.25, 0.3) is 0 Å². The monoisotopic (exact) mass is 313 g/mol. The second-order valence-corrected chi connectivity index (χ2v) is 5.02. The van der Waals surface area contributed by atoms with Crippen molar-refractivity contribution in [3.05, 3.63) is 28.5 Å². The van der Waals surface area contributed by atoms with Gasteiger partial charge in [-0.3, -0.25) is 14.0 Å². The number of thiazole rings is 1. The predicted octanol–water partition coefficient (Wildman–Crippen LogP) is 1.74. The predicted molar refractivity (Wildman–Crippen MR) is 76.8 cm³/mol. The maximum Gasteiger partial charge on any atom is 0.307 e. The number of fused-ring (bicyclic) bond motifs is 1. The van der Waals surface area contributed by atoms with E-state index in [-0.39, 0.29) is 24.8 Å². The average Bonchev–Trinajstić information content (AvgIpc) is 2.97. The number of hydrogen-bond acceptors (Lipinski definition) is 5. The Hall–Kier alpha value is -1.86. The summed E-state index contributed by atoms with van der Waals surface area (Å²) in [5.41, 5.74) is 0.644. The van der Waals surface area contributed by atoms with E-state index in [1.807, 2.05) is 11.6 Å². The Labute approximate surface area is 124 Å². The Kier molecular flexibility index (Phi) is 4.75. The number of methoxy groups -OCH3 is 1. The van der Waals surface area contributed by atoms with E-state index in [1.165, 1.54) is 24.5 Å². The molecule has 0 unspecified atom stereocenters. The molecule has 0 fully saturated rings. The largest absolute Gasteiger partial charge is 0.469 e. The zero-order chi connectivity index (χ0) is 14.5. The highest BCUT2D eigenvalue weighted by atomic mass is 35.5. The fraction of sp³-hybridized carbons (Fsp3) is 0.250. The summed E-state index contributed by atoms with van der Waals surface area (Å²) in [6, 6.07) is 0. The van der Waals surface area contributed by atoms with E-state index in [4.69, 9.17) is 11.6 Å². The number of rotatable bonds is 5. The van der Waals surface area contributed by atoms with Gasteiger partial charge >= 0.3 is 5.97 Å². The summed E-state index contributed by atoms with van der Waals surface area (Å²) >= 11 is 7.45. The van der Waals surface area contributed by atoms with Crippen molar-refractivity contribution in [2.24, 2.45) is 0 Å². The SMILES string of the molecule is COC(=O)CCNC(=O)/C=C/c1c(Cl)nc2sccn12. The molecular weight excluding hydrogens is 302 g/mol. The van der Waals surface area contributed by atoms with Crippen molar-refractivity contribution in [2.45, 2.75) is 6.42 Å². The van der Waals surface area contributed by atoms with Crippen LogP contribution in [0.2, 0.25) is 5.15 Å². The molecule has 0 spiro atoms. The molecule has 2 aromatic rings. The molecule has 0 aliphatic carbocycles. The fourth-order valence-electron chi connectivity index (χ4n) is 1.53. The van der Waals surface area contributed by atoms with Gasteiger partial charge in [0.05, 0.1) is 19.2 Å². The molecule has 0 bridgehead atoms. The molecule has 0 radical (unpaired) electrons. The highest BCUT2D eigenvalue weighted by molar-refractivity contribution is 7.15. The van der Waals surface area contributed by atoms with E-state index >= 15 is 0 Å². The maximum atomic E-state index is 11.6. The van der Waals surface area contributed by atoms with Gasteiger partial charge in [0.2, 0.25) is 5.91 Å². The molecule has 0 aliphatic rings. The third-order valence-corrected chi connectivity index (χ3v) is 3.54. The number of nitrogens with zero attached hydrogens (tertiary/aromatic N) is 2. The van der Waals surface area contributed by atoms with Crippen molar-refractivity contribution in [1.82, 2.24) is 14.7 Å². The van der Waals surface area contributed by atoms with E-state index in [0.29, 0.717) is 10.8 Å². The number of amides is 1. The lowest BCUT2D eigenvalue weighted by atomic mass is 10.3. The molecule has 0 aromatic carbocycles. The molecule has 0 saturated carbocycles. The molecule has 2 rings (SSSR count). The molecular formula is C12H12ClN3O3S. The smallest absolute Gasteiger partial charge is 0.307 e. The lowest BCUT2D eigenvalue weighted by Crippen LogP contribution is -2.24. The Bertz CT molecular complexity index is 662. The third kappa shape index (κ3) is 3.37. The van der Waals surface area contributed by atoms with Gasteiger partial charge in [0.1, 0.15) is 0 Å². The minimum Gasteiger partial charge on any atom is -0.469 e. The first kappa shape index (κ1) is 14.5. The molecule has 106 valence electrons. The van der Waals surface area contributed by atoms with E-state index < -0.39 is 0 Å². The maximum absolute atomic E-state index is 11.6. The molecule has 0 saturated heterocycles. The molecule has 2 heterocycles. The number of aromatic nitrogens is 2. The molecule has 1 amide bonds. The number of nitrogens with one attached hydrogen (secondary N) is 1. The first-order chi connectivity index (χ1) is 9.61. The number of hydrogen-bond donors (Lipinski definition) is 1. The van der Waals surface area contributed by atoms with Crippen LogP contribution < -0.4 is 5.32 Å². The van der Waals surface area contributed by atoms with Crippen molar-refractivity contribution in [3.8, 4) is 0 Å². The van der Waals surface area contributed by atoms with Crippen LogP contribution >= 0.6 is 22.9 Å². The lowest BCUT2D eigenvalue weighted by molar-refractivity contribution is -0.140. The van der Waals surface area contributed by atoms with Crippen molar-refractivity contribution in [2.75, 3.05) is 13.7 Å². The van der Waals surface area contributed by atoms with Crippen LogP contribution in [0.5, 0.6) is 0 Å². The summed E-state index contributed by atoms with van der Waals surface area (Å²) in [5, 5.41) is 4.80. The Balaban J connectivity index is 1.95. The van der Waals surface area contributed by atoms with E-state index in [2.05, 4.69) is 15.0 Å². The number of halogens is 1. The summed E-state index contributed by atoms with van der Waals surface area (Å²) in [6.45, 7) is 0.226. The summed E-state index contributed by atoms with van der Waals surface area (Å²) in [5.74, 6) is -0.678. The van der Waals surface area contributed by atoms with Gasteiger partial charge in [0, 0.05) is 24.2 Å². The standard InChI is InChI=1S/C12H12ClN3O3S/c1-19-10(18)4-5-14-9(17)3-2-8-11(13)15-12-16(8)6-7-20-12/h2-3,6-7H,4-5H2,1H3,(H,14,17)/b3-2+. The minimum atomic E-state index is -0.368. The van der Waals surface area contributed by atoms with E-state index in [1.54, 1.807) is 10.5 Å². The zero-order valence-corrected chi connectivity index (χ0v) is 12.2. The zero-order valence-electron chi connectivity index (χ0n) is 10.6. The van der Waals surface area contributed by atoms with Gasteiger partial charge < -0.3 is 10.1 Å². The van der Waals surface area contributed by atoms with Gasteiger partial charge in [-0.25, -0.2) is 4.98 Å². The van der Waals surface area contributed by atoms with Gasteiger partial charge in [-0.15, -0.1) is 11.3 Å². The van der Waals surface area contributed by atoms with Gasteiger partial charge in [0.15, 0.2) is 10.1 Å². The van der Waals surface area contributed by atoms with E-state index in [9.17, 15) is 9.59 Å². The van der Waals surface area contributed by atoms with Crippen molar-refractivity contribution in [1.29, 1.82) is 0 Å². The van der Waals surface area contributed by atoms with Crippen molar-refractivity contribution in [3.63, 3.8) is 0 Å². The number of esters is 1. The van der Waals surface area contributed by atoms with Crippen LogP contribution in [0.25, 0.3) is 11.0 Å². The summed E-state index contributed by atoms with van der Waals surface area (Å²) in [7, 11) is 1.30. The normalized spacial score (nSPS) is 11.1. The van der Waals surface area contributed by atoms with Crippen LogP contribution in [0.4, 0.5) is 0 Å². The Morgan fingerprint density at radius 3 is 3.15 bits per heavy atom. The second kappa shape index (κ2) is 6.53. The minimum absolute atomic E-state index is 0.137. The van der Waals surface area contributed by atoms with Gasteiger partial charge in [-0.05, 0) is 6.08 Å². The van der Waals surface area contributed by atoms with Crippen LogP contribution in [0, 0.1) is 0 Å². The van der Waals surface area contributed by atoms with Crippen LogP contribution in [-0.2, 0) is 14.3 Å². The van der Waals surface area contributed by atoms with Crippen LogP contribution in [-0.4, -0.2) is 34.9 Å². The topological polar surface area (TPSA) is 72.7 Å². The Morgan fingerprint density at radius 2 is 2.40 bits per heavy atom.